The van der Waals surface area contributed by atoms with Gasteiger partial charge in [0.15, 0.2) is 11.0 Å². The molecule has 0 saturated carbocycles. The lowest BCUT2D eigenvalue weighted by atomic mass is 10.1. The number of carboxylic acids is 1. The van der Waals surface area contributed by atoms with Crippen molar-refractivity contribution in [2.45, 2.75) is 32.1 Å². The second-order valence-electron chi connectivity index (χ2n) is 4.66. The summed E-state index contributed by atoms with van der Waals surface area (Å²) in [4.78, 5) is 20.7. The molecule has 0 fully saturated rings. The van der Waals surface area contributed by atoms with Crippen molar-refractivity contribution in [2.24, 2.45) is 0 Å². The van der Waals surface area contributed by atoms with Crippen LogP contribution in [-0.4, -0.2) is 32.7 Å². The summed E-state index contributed by atoms with van der Waals surface area (Å²) in [6, 6.07) is 0. The molecule has 0 amide bonds. The van der Waals surface area contributed by atoms with Gasteiger partial charge in [0, 0.05) is 24.8 Å². The molecule has 2 heterocycles. The number of rotatable bonds is 5. The Morgan fingerprint density at radius 2 is 2.40 bits per heavy atom. The van der Waals surface area contributed by atoms with Crippen LogP contribution in [0.15, 0.2) is 4.52 Å². The average Bonchev–Trinajstić information content (AvgIpc) is 3.04. The number of carboxylic acid groups (broad SMARTS) is 1. The van der Waals surface area contributed by atoms with E-state index in [0.717, 1.165) is 22.1 Å². The molecule has 1 aliphatic rings. The van der Waals surface area contributed by atoms with Crippen molar-refractivity contribution >= 4 is 22.4 Å². The maximum Gasteiger partial charge on any atom is 0.312 e. The molecule has 0 radical (unpaired) electrons. The number of aromatic nitrogens is 3. The second kappa shape index (κ2) is 5.20. The lowest BCUT2D eigenvalue weighted by Crippen LogP contribution is -2.10. The zero-order valence-corrected chi connectivity index (χ0v) is 11.7. The van der Waals surface area contributed by atoms with Crippen LogP contribution in [-0.2, 0) is 17.6 Å². The zero-order valence-electron chi connectivity index (χ0n) is 10.9. The van der Waals surface area contributed by atoms with Crippen LogP contribution in [0.3, 0.4) is 0 Å². The van der Waals surface area contributed by atoms with Gasteiger partial charge in [-0.25, -0.2) is 4.98 Å². The molecule has 7 nitrogen and oxygen atoms in total. The van der Waals surface area contributed by atoms with Crippen LogP contribution in [0.5, 0.6) is 0 Å². The van der Waals surface area contributed by atoms with Gasteiger partial charge in [-0.15, -0.1) is 11.3 Å². The SMILES string of the molecule is Cc1nc(CCNc2nc3c(s2)CCC3C(=O)O)no1. The number of nitrogens with zero attached hydrogens (tertiary/aromatic N) is 3. The van der Waals surface area contributed by atoms with Gasteiger partial charge in [0.05, 0.1) is 5.69 Å². The zero-order chi connectivity index (χ0) is 14.1. The van der Waals surface area contributed by atoms with E-state index in [1.165, 1.54) is 11.3 Å². The number of hydrogen-bond donors (Lipinski definition) is 2. The summed E-state index contributed by atoms with van der Waals surface area (Å²) in [5.74, 6) is -0.0282. The molecule has 0 saturated heterocycles. The fourth-order valence-corrected chi connectivity index (χ4v) is 3.33. The van der Waals surface area contributed by atoms with Crippen molar-refractivity contribution in [3.8, 4) is 0 Å². The number of thiazole rings is 1. The highest BCUT2D eigenvalue weighted by Crippen LogP contribution is 2.38. The molecule has 1 atom stereocenters. The first kappa shape index (κ1) is 13.0. The van der Waals surface area contributed by atoms with Crippen molar-refractivity contribution in [3.05, 3.63) is 22.3 Å². The standard InChI is InChI=1S/C12H14N4O3S/c1-6-14-9(16-19-6)4-5-13-12-15-10-7(11(17)18)2-3-8(10)20-12/h7H,2-5H2,1H3,(H,13,15)(H,17,18). The van der Waals surface area contributed by atoms with Gasteiger partial charge in [-0.1, -0.05) is 5.16 Å². The lowest BCUT2D eigenvalue weighted by Gasteiger charge is -2.02. The highest BCUT2D eigenvalue weighted by Gasteiger charge is 2.32. The topological polar surface area (TPSA) is 101 Å². The largest absolute Gasteiger partial charge is 0.481 e. The van der Waals surface area contributed by atoms with Crippen LogP contribution < -0.4 is 5.32 Å². The molecule has 2 N–H and O–H groups in total. The van der Waals surface area contributed by atoms with E-state index in [-0.39, 0.29) is 0 Å². The number of hydrogen-bond acceptors (Lipinski definition) is 7. The number of anilines is 1. The summed E-state index contributed by atoms with van der Waals surface area (Å²) < 4.78 is 4.89. The molecule has 106 valence electrons. The molecule has 0 aromatic carbocycles. The third-order valence-corrected chi connectivity index (χ3v) is 4.30. The van der Waals surface area contributed by atoms with E-state index in [1.807, 2.05) is 0 Å². The average molecular weight is 294 g/mol. The molecule has 2 aromatic heterocycles. The van der Waals surface area contributed by atoms with Crippen molar-refractivity contribution < 1.29 is 14.4 Å². The molecule has 0 bridgehead atoms. The van der Waals surface area contributed by atoms with Crippen LogP contribution in [0.1, 0.15) is 34.6 Å². The van der Waals surface area contributed by atoms with E-state index in [2.05, 4.69) is 20.4 Å². The molecule has 2 aromatic rings. The Labute approximate surface area is 119 Å². The number of aryl methyl sites for hydroxylation is 2. The van der Waals surface area contributed by atoms with Crippen LogP contribution in [0, 0.1) is 6.92 Å². The van der Waals surface area contributed by atoms with Gasteiger partial charge in [-0.2, -0.15) is 4.98 Å². The normalized spacial score (nSPS) is 17.1. The molecule has 0 spiro atoms. The summed E-state index contributed by atoms with van der Waals surface area (Å²) >= 11 is 1.53. The summed E-state index contributed by atoms with van der Waals surface area (Å²) in [6.07, 6.45) is 2.10. The summed E-state index contributed by atoms with van der Waals surface area (Å²) in [5, 5.41) is 16.9. The first-order chi connectivity index (χ1) is 9.63. The third-order valence-electron chi connectivity index (χ3n) is 3.21. The minimum Gasteiger partial charge on any atom is -0.481 e. The monoisotopic (exact) mass is 294 g/mol. The number of aliphatic carboxylic acids is 1. The highest BCUT2D eigenvalue weighted by atomic mass is 32.1. The lowest BCUT2D eigenvalue weighted by molar-refractivity contribution is -0.138. The van der Waals surface area contributed by atoms with E-state index in [0.29, 0.717) is 31.1 Å². The van der Waals surface area contributed by atoms with Gasteiger partial charge in [-0.05, 0) is 12.8 Å². The van der Waals surface area contributed by atoms with Gasteiger partial charge < -0.3 is 14.9 Å². The molecular weight excluding hydrogens is 280 g/mol. The Bertz CT molecular complexity index is 636. The fourth-order valence-electron chi connectivity index (χ4n) is 2.27. The van der Waals surface area contributed by atoms with Crippen LogP contribution in [0.25, 0.3) is 0 Å². The van der Waals surface area contributed by atoms with Crippen LogP contribution in [0.2, 0.25) is 0 Å². The number of nitrogens with one attached hydrogen (secondary N) is 1. The van der Waals surface area contributed by atoms with Crippen molar-refractivity contribution in [1.82, 2.24) is 15.1 Å². The van der Waals surface area contributed by atoms with E-state index in [1.54, 1.807) is 6.92 Å². The Morgan fingerprint density at radius 1 is 1.55 bits per heavy atom. The smallest absolute Gasteiger partial charge is 0.312 e. The first-order valence-electron chi connectivity index (χ1n) is 6.39. The predicted molar refractivity (Wildman–Crippen MR) is 72.0 cm³/mol. The Balaban J connectivity index is 1.59. The molecular formula is C12H14N4O3S. The second-order valence-corrected chi connectivity index (χ2v) is 5.75. The van der Waals surface area contributed by atoms with E-state index < -0.39 is 11.9 Å². The van der Waals surface area contributed by atoms with Gasteiger partial charge in [0.2, 0.25) is 5.89 Å². The Hall–Kier alpha value is -1.96. The van der Waals surface area contributed by atoms with Crippen LogP contribution in [0.4, 0.5) is 5.13 Å². The minimum atomic E-state index is -0.789. The quantitative estimate of drug-likeness (QED) is 0.863. The van der Waals surface area contributed by atoms with Crippen LogP contribution >= 0.6 is 11.3 Å². The Morgan fingerprint density at radius 3 is 3.10 bits per heavy atom. The van der Waals surface area contributed by atoms with Crippen molar-refractivity contribution in [1.29, 1.82) is 0 Å². The molecule has 1 aliphatic carbocycles. The summed E-state index contributed by atoms with van der Waals surface area (Å²) in [6.45, 7) is 2.39. The summed E-state index contributed by atoms with van der Waals surface area (Å²) in [7, 11) is 0. The highest BCUT2D eigenvalue weighted by molar-refractivity contribution is 7.15. The molecule has 3 rings (SSSR count). The fraction of sp³-hybridized carbons (Fsp3) is 0.500. The van der Waals surface area contributed by atoms with E-state index in [4.69, 9.17) is 9.63 Å². The minimum absolute atomic E-state index is 0.448. The molecule has 1 unspecified atom stereocenters. The molecule has 8 heteroatoms. The van der Waals surface area contributed by atoms with E-state index >= 15 is 0 Å². The van der Waals surface area contributed by atoms with Gasteiger partial charge in [0.1, 0.15) is 5.92 Å². The van der Waals surface area contributed by atoms with Crippen molar-refractivity contribution in [2.75, 3.05) is 11.9 Å². The first-order valence-corrected chi connectivity index (χ1v) is 7.20. The maximum atomic E-state index is 11.1. The van der Waals surface area contributed by atoms with Gasteiger partial charge in [0.25, 0.3) is 0 Å². The molecule has 0 aliphatic heterocycles. The van der Waals surface area contributed by atoms with Crippen molar-refractivity contribution in [3.63, 3.8) is 0 Å². The summed E-state index contributed by atoms with van der Waals surface area (Å²) in [5.41, 5.74) is 0.723. The Kier molecular flexibility index (Phi) is 3.39. The molecule has 20 heavy (non-hydrogen) atoms. The number of carbonyl (C=O) groups is 1. The third kappa shape index (κ3) is 2.51. The number of fused-ring (bicyclic) bond motifs is 1. The maximum absolute atomic E-state index is 11.1. The van der Waals surface area contributed by atoms with Gasteiger partial charge >= 0.3 is 5.97 Å². The van der Waals surface area contributed by atoms with E-state index in [9.17, 15) is 4.79 Å². The van der Waals surface area contributed by atoms with Gasteiger partial charge in [-0.3, -0.25) is 4.79 Å². The predicted octanol–water partition coefficient (Wildman–Crippen LogP) is 1.60.